The Labute approximate surface area is 121 Å². The minimum Gasteiger partial charge on any atom is -0.465 e. The first-order valence-electron chi connectivity index (χ1n) is 7.04. The molecule has 1 aromatic heterocycles. The number of carboxylic acid groups (broad SMARTS) is 1. The minimum absolute atomic E-state index is 0.0791. The van der Waals surface area contributed by atoms with E-state index in [2.05, 4.69) is 10.3 Å². The Morgan fingerprint density at radius 1 is 1.38 bits per heavy atom. The maximum atomic E-state index is 12.0. The summed E-state index contributed by atoms with van der Waals surface area (Å²) in [6.07, 6.45) is -0.170. The van der Waals surface area contributed by atoms with Gasteiger partial charge in [-0.2, -0.15) is 0 Å². The van der Waals surface area contributed by atoms with E-state index >= 15 is 0 Å². The van der Waals surface area contributed by atoms with Crippen LogP contribution in [-0.2, 0) is 6.54 Å². The van der Waals surface area contributed by atoms with Gasteiger partial charge in [-0.1, -0.05) is 12.1 Å². The molecule has 1 saturated heterocycles. The highest BCUT2D eigenvalue weighted by atomic mass is 16.4. The third-order valence-electron chi connectivity index (χ3n) is 3.91. The van der Waals surface area contributed by atoms with Gasteiger partial charge in [0, 0.05) is 32.2 Å². The number of nitrogens with one attached hydrogen (secondary N) is 2. The summed E-state index contributed by atoms with van der Waals surface area (Å²) in [7, 11) is 0. The number of hydrogen-bond donors (Lipinski definition) is 3. The number of rotatable bonds is 3. The number of imidazole rings is 1. The fourth-order valence-corrected chi connectivity index (χ4v) is 2.81. The third kappa shape index (κ3) is 2.78. The number of H-pyrrole nitrogens is 1. The monoisotopic (exact) mass is 290 g/mol. The van der Waals surface area contributed by atoms with Crippen LogP contribution < -0.4 is 11.0 Å². The molecule has 1 fully saturated rings. The number of benzene rings is 1. The van der Waals surface area contributed by atoms with Crippen molar-refractivity contribution in [2.75, 3.05) is 19.6 Å². The molecule has 2 heterocycles. The predicted octanol–water partition coefficient (Wildman–Crippen LogP) is 0.671. The lowest BCUT2D eigenvalue weighted by atomic mass is 10.1. The van der Waals surface area contributed by atoms with Gasteiger partial charge in [-0.15, -0.1) is 0 Å². The summed E-state index contributed by atoms with van der Waals surface area (Å²) < 4.78 is 1.71. The van der Waals surface area contributed by atoms with Gasteiger partial charge in [0.05, 0.1) is 11.0 Å². The van der Waals surface area contributed by atoms with Crippen molar-refractivity contribution in [2.24, 2.45) is 0 Å². The fourth-order valence-electron chi connectivity index (χ4n) is 2.81. The molecule has 7 heteroatoms. The van der Waals surface area contributed by atoms with Crippen molar-refractivity contribution in [3.63, 3.8) is 0 Å². The van der Waals surface area contributed by atoms with Crippen LogP contribution in [0.3, 0.4) is 0 Å². The summed E-state index contributed by atoms with van der Waals surface area (Å²) in [6.45, 7) is 2.19. The van der Waals surface area contributed by atoms with Gasteiger partial charge in [0.1, 0.15) is 0 Å². The maximum absolute atomic E-state index is 12.0. The Kier molecular flexibility index (Phi) is 3.66. The summed E-state index contributed by atoms with van der Waals surface area (Å²) in [6, 6.07) is 7.65. The van der Waals surface area contributed by atoms with Crippen LogP contribution in [0.4, 0.5) is 4.79 Å². The van der Waals surface area contributed by atoms with E-state index in [1.807, 2.05) is 24.3 Å². The van der Waals surface area contributed by atoms with Gasteiger partial charge in [0.15, 0.2) is 0 Å². The van der Waals surface area contributed by atoms with Crippen molar-refractivity contribution in [3.05, 3.63) is 34.7 Å². The normalized spacial score (nSPS) is 19.0. The number of piperazine rings is 1. The van der Waals surface area contributed by atoms with Crippen LogP contribution in [0.25, 0.3) is 11.0 Å². The number of amides is 1. The van der Waals surface area contributed by atoms with Crippen LogP contribution in [0.15, 0.2) is 29.1 Å². The van der Waals surface area contributed by atoms with Crippen molar-refractivity contribution in [3.8, 4) is 0 Å². The van der Waals surface area contributed by atoms with Crippen LogP contribution in [0.2, 0.25) is 0 Å². The van der Waals surface area contributed by atoms with E-state index in [1.165, 1.54) is 4.90 Å². The van der Waals surface area contributed by atoms with E-state index in [1.54, 1.807) is 4.57 Å². The second-order valence-corrected chi connectivity index (χ2v) is 5.27. The van der Waals surface area contributed by atoms with Gasteiger partial charge in [-0.05, 0) is 18.6 Å². The molecule has 21 heavy (non-hydrogen) atoms. The Bertz CT molecular complexity index is 706. The minimum atomic E-state index is -0.884. The Hall–Kier alpha value is -2.28. The van der Waals surface area contributed by atoms with Gasteiger partial charge in [-0.3, -0.25) is 4.57 Å². The number of aromatic amines is 1. The van der Waals surface area contributed by atoms with Gasteiger partial charge in [0.25, 0.3) is 0 Å². The van der Waals surface area contributed by atoms with Gasteiger partial charge in [0.2, 0.25) is 0 Å². The first-order chi connectivity index (χ1) is 10.1. The molecule has 0 spiro atoms. The van der Waals surface area contributed by atoms with Crippen molar-refractivity contribution in [1.82, 2.24) is 19.8 Å². The zero-order chi connectivity index (χ0) is 14.8. The second-order valence-electron chi connectivity index (χ2n) is 5.27. The smallest absolute Gasteiger partial charge is 0.407 e. The largest absolute Gasteiger partial charge is 0.465 e. The molecule has 0 saturated carbocycles. The van der Waals surface area contributed by atoms with Gasteiger partial charge in [-0.25, -0.2) is 9.59 Å². The molecule has 1 aliphatic heterocycles. The van der Waals surface area contributed by atoms with E-state index in [0.717, 1.165) is 11.0 Å². The summed E-state index contributed by atoms with van der Waals surface area (Å²) in [5.41, 5.74) is 1.58. The molecular formula is C14H18N4O3. The molecule has 7 nitrogen and oxygen atoms in total. The quantitative estimate of drug-likeness (QED) is 0.775. The molecule has 1 unspecified atom stereocenters. The SMILES string of the molecule is O=C(O)N1CCNC(CCn2c(=O)[nH]c3ccccc32)C1. The highest BCUT2D eigenvalue weighted by Gasteiger charge is 2.22. The standard InChI is InChI=1S/C14H18N4O3/c19-13-16-11-3-1-2-4-12(11)18(13)7-5-10-9-17(14(20)21)8-6-15-10/h1-4,10,15H,5-9H2,(H,16,19)(H,20,21). The van der Waals surface area contributed by atoms with Crippen LogP contribution in [0.5, 0.6) is 0 Å². The molecule has 0 aliphatic carbocycles. The summed E-state index contributed by atoms with van der Waals surface area (Å²) in [4.78, 5) is 27.2. The van der Waals surface area contributed by atoms with E-state index in [9.17, 15) is 9.59 Å². The number of nitrogens with zero attached hydrogens (tertiary/aromatic N) is 2. The number of para-hydroxylation sites is 2. The van der Waals surface area contributed by atoms with Crippen LogP contribution in [0.1, 0.15) is 6.42 Å². The lowest BCUT2D eigenvalue weighted by Gasteiger charge is -2.31. The average Bonchev–Trinajstić information content (AvgIpc) is 2.81. The molecule has 1 atom stereocenters. The summed E-state index contributed by atoms with van der Waals surface area (Å²) in [5, 5.41) is 12.3. The zero-order valence-electron chi connectivity index (χ0n) is 11.6. The molecule has 2 aromatic rings. The van der Waals surface area contributed by atoms with Crippen molar-refractivity contribution in [2.45, 2.75) is 19.0 Å². The third-order valence-corrected chi connectivity index (χ3v) is 3.91. The van der Waals surface area contributed by atoms with E-state index in [-0.39, 0.29) is 11.7 Å². The van der Waals surface area contributed by atoms with Crippen LogP contribution in [-0.4, -0.2) is 51.3 Å². The maximum Gasteiger partial charge on any atom is 0.407 e. The molecule has 1 aliphatic rings. The molecule has 112 valence electrons. The van der Waals surface area contributed by atoms with E-state index in [4.69, 9.17) is 5.11 Å². The first kappa shape index (κ1) is 13.7. The van der Waals surface area contributed by atoms with Gasteiger partial charge >= 0.3 is 11.8 Å². The lowest BCUT2D eigenvalue weighted by molar-refractivity contribution is 0.127. The number of carbonyl (C=O) groups is 1. The average molecular weight is 290 g/mol. The van der Waals surface area contributed by atoms with Gasteiger partial charge < -0.3 is 20.3 Å². The highest BCUT2D eigenvalue weighted by Crippen LogP contribution is 2.11. The molecule has 1 amide bonds. The molecule has 0 radical (unpaired) electrons. The van der Waals surface area contributed by atoms with Crippen molar-refractivity contribution < 1.29 is 9.90 Å². The predicted molar refractivity (Wildman–Crippen MR) is 78.6 cm³/mol. The molecule has 0 bridgehead atoms. The Morgan fingerprint density at radius 2 is 2.19 bits per heavy atom. The molecule has 1 aromatic carbocycles. The number of aryl methyl sites for hydroxylation is 1. The molecular weight excluding hydrogens is 272 g/mol. The van der Waals surface area contributed by atoms with Crippen molar-refractivity contribution >= 4 is 17.1 Å². The highest BCUT2D eigenvalue weighted by molar-refractivity contribution is 5.74. The number of fused-ring (bicyclic) bond motifs is 1. The molecule has 3 rings (SSSR count). The number of aromatic nitrogens is 2. The Balaban J connectivity index is 1.70. The number of hydrogen-bond acceptors (Lipinski definition) is 3. The van der Waals surface area contributed by atoms with Crippen LogP contribution >= 0.6 is 0 Å². The zero-order valence-corrected chi connectivity index (χ0v) is 11.6. The summed E-state index contributed by atoms with van der Waals surface area (Å²) in [5.74, 6) is 0. The fraction of sp³-hybridized carbons (Fsp3) is 0.429. The topological polar surface area (TPSA) is 90.4 Å². The van der Waals surface area contributed by atoms with E-state index < -0.39 is 6.09 Å². The second kappa shape index (κ2) is 5.61. The van der Waals surface area contributed by atoms with Crippen LogP contribution in [0, 0.1) is 0 Å². The Morgan fingerprint density at radius 3 is 3.00 bits per heavy atom. The summed E-state index contributed by atoms with van der Waals surface area (Å²) >= 11 is 0. The molecule has 3 N–H and O–H groups in total. The van der Waals surface area contributed by atoms with E-state index in [0.29, 0.717) is 32.6 Å². The van der Waals surface area contributed by atoms with Crippen molar-refractivity contribution in [1.29, 1.82) is 0 Å². The first-order valence-corrected chi connectivity index (χ1v) is 7.04. The lowest BCUT2D eigenvalue weighted by Crippen LogP contribution is -2.52.